The van der Waals surface area contributed by atoms with Crippen LogP contribution < -0.4 is 0 Å². The van der Waals surface area contributed by atoms with E-state index in [1.165, 1.54) is 0 Å². The number of hydrogen-bond acceptors (Lipinski definition) is 2. The van der Waals surface area contributed by atoms with Crippen molar-refractivity contribution in [3.63, 3.8) is 0 Å². The van der Waals surface area contributed by atoms with Gasteiger partial charge in [0, 0.05) is 39.3 Å². The van der Waals surface area contributed by atoms with Crippen molar-refractivity contribution in [3.05, 3.63) is 31.9 Å². The van der Waals surface area contributed by atoms with Crippen molar-refractivity contribution >= 4 is 0 Å². The molecule has 1 radical (unpaired) electrons. The first-order valence-corrected chi connectivity index (χ1v) is 4.40. The Bertz CT molecular complexity index is 128. The monoisotopic (exact) mass is 165 g/mol. The van der Waals surface area contributed by atoms with Gasteiger partial charge in [-0.25, -0.2) is 0 Å². The molecule has 0 bridgehead atoms. The van der Waals surface area contributed by atoms with Gasteiger partial charge in [0.1, 0.15) is 0 Å². The summed E-state index contributed by atoms with van der Waals surface area (Å²) in [6, 6.07) is 0. The van der Waals surface area contributed by atoms with E-state index in [-0.39, 0.29) is 0 Å². The topological polar surface area (TPSA) is 6.48 Å². The van der Waals surface area contributed by atoms with Crippen LogP contribution in [0.4, 0.5) is 0 Å². The predicted molar refractivity (Wildman–Crippen MR) is 52.7 cm³/mol. The summed E-state index contributed by atoms with van der Waals surface area (Å²) >= 11 is 0. The molecule has 0 aromatic carbocycles. The van der Waals surface area contributed by atoms with Crippen LogP contribution in [0.2, 0.25) is 0 Å². The quantitative estimate of drug-likeness (QED) is 0.576. The fourth-order valence-corrected chi connectivity index (χ4v) is 1.43. The maximum atomic E-state index is 3.73. The average molecular weight is 165 g/mol. The van der Waals surface area contributed by atoms with E-state index in [4.69, 9.17) is 0 Å². The molecule has 0 aromatic heterocycles. The molecule has 1 aliphatic rings. The highest BCUT2D eigenvalue weighted by atomic mass is 15.3. The second-order valence-electron chi connectivity index (χ2n) is 3.01. The minimum atomic E-state index is 1.02. The van der Waals surface area contributed by atoms with Gasteiger partial charge in [-0.2, -0.15) is 0 Å². The summed E-state index contributed by atoms with van der Waals surface area (Å²) in [6.07, 6.45) is 3.82. The summed E-state index contributed by atoms with van der Waals surface area (Å²) in [5.74, 6) is 0. The third-order valence-corrected chi connectivity index (χ3v) is 2.11. The molecule has 1 saturated heterocycles. The summed E-state index contributed by atoms with van der Waals surface area (Å²) in [4.78, 5) is 4.70. The highest BCUT2D eigenvalue weighted by molar-refractivity contribution is 4.89. The van der Waals surface area contributed by atoms with Gasteiger partial charge in [-0.05, 0) is 0 Å². The first-order valence-electron chi connectivity index (χ1n) is 4.40. The van der Waals surface area contributed by atoms with Crippen molar-refractivity contribution in [2.45, 2.75) is 0 Å². The molecule has 0 spiro atoms. The van der Waals surface area contributed by atoms with E-state index in [2.05, 4.69) is 29.5 Å². The second kappa shape index (κ2) is 5.12. The highest BCUT2D eigenvalue weighted by Gasteiger charge is 2.13. The molecule has 0 aromatic rings. The number of nitrogens with zero attached hydrogens (tertiary/aromatic N) is 2. The van der Waals surface area contributed by atoms with Gasteiger partial charge in [-0.1, -0.05) is 12.2 Å². The zero-order valence-electron chi connectivity index (χ0n) is 7.58. The van der Waals surface area contributed by atoms with Crippen molar-refractivity contribution in [3.8, 4) is 0 Å². The Balaban J connectivity index is 2.19. The molecule has 1 heterocycles. The molecule has 0 amide bonds. The molecular formula is C10H17N2. The van der Waals surface area contributed by atoms with Gasteiger partial charge in [-0.3, -0.25) is 9.80 Å². The van der Waals surface area contributed by atoms with Gasteiger partial charge in [0.05, 0.1) is 0 Å². The number of hydrogen-bond donors (Lipinski definition) is 0. The third-order valence-electron chi connectivity index (χ3n) is 2.11. The van der Waals surface area contributed by atoms with E-state index in [1.807, 2.05) is 12.2 Å². The summed E-state index contributed by atoms with van der Waals surface area (Å²) in [7, 11) is 0. The van der Waals surface area contributed by atoms with E-state index in [0.29, 0.717) is 0 Å². The van der Waals surface area contributed by atoms with Gasteiger partial charge in [-0.15, -0.1) is 13.2 Å². The largest absolute Gasteiger partial charge is 0.297 e. The van der Waals surface area contributed by atoms with Crippen LogP contribution in [0.25, 0.3) is 0 Å². The van der Waals surface area contributed by atoms with E-state index >= 15 is 0 Å². The average Bonchev–Trinajstić information content (AvgIpc) is 2.09. The molecule has 1 rings (SSSR count). The lowest BCUT2D eigenvalue weighted by Gasteiger charge is -2.33. The zero-order chi connectivity index (χ0) is 8.81. The van der Waals surface area contributed by atoms with Gasteiger partial charge in [0.2, 0.25) is 0 Å². The molecule has 0 N–H and O–H groups in total. The van der Waals surface area contributed by atoms with Crippen LogP contribution in [-0.4, -0.2) is 42.5 Å². The van der Waals surface area contributed by atoms with Crippen LogP contribution in [0, 0.1) is 6.54 Å². The van der Waals surface area contributed by atoms with Gasteiger partial charge in [0.25, 0.3) is 0 Å². The molecule has 2 nitrogen and oxygen atoms in total. The fourth-order valence-electron chi connectivity index (χ4n) is 1.43. The Kier molecular flexibility index (Phi) is 4.05. The summed E-state index contributed by atoms with van der Waals surface area (Å²) in [6.45, 7) is 15.0. The first-order chi connectivity index (χ1) is 5.86. The molecule has 2 heteroatoms. The standard InChI is InChI=1S/C10H17N2/c1-3-5-11-7-9-12(6-4-2)10-8-11/h3-5H,1-2,6-10H2. The maximum absolute atomic E-state index is 3.73. The molecule has 1 fully saturated rings. The fraction of sp³-hybridized carbons (Fsp3) is 0.500. The highest BCUT2D eigenvalue weighted by Crippen LogP contribution is 2.03. The van der Waals surface area contributed by atoms with Gasteiger partial charge < -0.3 is 0 Å². The van der Waals surface area contributed by atoms with Crippen LogP contribution in [0.1, 0.15) is 0 Å². The number of rotatable bonds is 4. The van der Waals surface area contributed by atoms with E-state index in [9.17, 15) is 0 Å². The molecular weight excluding hydrogens is 148 g/mol. The summed E-state index contributed by atoms with van der Waals surface area (Å²) in [5, 5.41) is 0. The van der Waals surface area contributed by atoms with Crippen molar-refractivity contribution < 1.29 is 0 Å². The van der Waals surface area contributed by atoms with E-state index < -0.39 is 0 Å². The van der Waals surface area contributed by atoms with Crippen molar-refractivity contribution in [2.24, 2.45) is 0 Å². The zero-order valence-corrected chi connectivity index (χ0v) is 7.58. The van der Waals surface area contributed by atoms with Gasteiger partial charge in [0.15, 0.2) is 0 Å². The maximum Gasteiger partial charge on any atom is 0.0468 e. The Hall–Kier alpha value is -0.600. The van der Waals surface area contributed by atoms with Crippen LogP contribution in [0.5, 0.6) is 0 Å². The smallest absolute Gasteiger partial charge is 0.0468 e. The minimum Gasteiger partial charge on any atom is -0.297 e. The summed E-state index contributed by atoms with van der Waals surface area (Å²) in [5.41, 5.74) is 0. The van der Waals surface area contributed by atoms with E-state index in [0.717, 1.165) is 32.7 Å². The molecule has 0 atom stereocenters. The Morgan fingerprint density at radius 2 is 1.75 bits per heavy atom. The lowest BCUT2D eigenvalue weighted by atomic mass is 10.3. The van der Waals surface area contributed by atoms with E-state index in [1.54, 1.807) is 0 Å². The molecule has 0 saturated carbocycles. The predicted octanol–water partition coefficient (Wildman–Crippen LogP) is 1.14. The van der Waals surface area contributed by atoms with Crippen LogP contribution in [-0.2, 0) is 0 Å². The van der Waals surface area contributed by atoms with Crippen LogP contribution in [0.3, 0.4) is 0 Å². The Morgan fingerprint density at radius 1 is 1.08 bits per heavy atom. The van der Waals surface area contributed by atoms with Crippen LogP contribution >= 0.6 is 0 Å². The lowest BCUT2D eigenvalue weighted by molar-refractivity contribution is 0.172. The lowest BCUT2D eigenvalue weighted by Crippen LogP contribution is -2.44. The summed E-state index contributed by atoms with van der Waals surface area (Å²) < 4.78 is 0. The first kappa shape index (κ1) is 9.49. The van der Waals surface area contributed by atoms with Gasteiger partial charge >= 0.3 is 0 Å². The van der Waals surface area contributed by atoms with Crippen molar-refractivity contribution in [2.75, 3.05) is 32.7 Å². The van der Waals surface area contributed by atoms with Crippen molar-refractivity contribution in [1.82, 2.24) is 9.80 Å². The molecule has 12 heavy (non-hydrogen) atoms. The normalized spacial score (nSPS) is 20.7. The minimum absolute atomic E-state index is 1.02. The third kappa shape index (κ3) is 2.80. The second-order valence-corrected chi connectivity index (χ2v) is 3.01. The van der Waals surface area contributed by atoms with Crippen LogP contribution in [0.15, 0.2) is 25.3 Å². The number of piperazine rings is 1. The molecule has 67 valence electrons. The Labute approximate surface area is 75.2 Å². The Morgan fingerprint density at radius 3 is 2.25 bits per heavy atom. The molecule has 0 unspecified atom stereocenters. The van der Waals surface area contributed by atoms with Crippen molar-refractivity contribution in [1.29, 1.82) is 0 Å². The molecule has 0 aliphatic carbocycles. The SMILES string of the molecule is C=C[CH]N1CCN(CC=C)CC1. The molecule has 1 aliphatic heterocycles.